The maximum absolute atomic E-state index is 3.71. The van der Waals surface area contributed by atoms with Gasteiger partial charge in [-0.1, -0.05) is 35.8 Å². The van der Waals surface area contributed by atoms with Gasteiger partial charge in [0, 0.05) is 42.4 Å². The fourth-order valence-corrected chi connectivity index (χ4v) is 3.37. The highest BCUT2D eigenvalue weighted by Gasteiger charge is 2.22. The van der Waals surface area contributed by atoms with Gasteiger partial charge in [0.05, 0.1) is 0 Å². The Hall–Kier alpha value is -0.580. The molecule has 1 unspecified atom stereocenters. The van der Waals surface area contributed by atoms with Gasteiger partial charge in [0.2, 0.25) is 0 Å². The maximum atomic E-state index is 3.71. The first-order chi connectivity index (χ1) is 9.97. The Bertz CT molecular complexity index is 461. The lowest BCUT2D eigenvalue weighted by molar-refractivity contribution is 0.314. The molecular weight excluding hydrogens is 326 g/mol. The van der Waals surface area contributed by atoms with E-state index in [1.54, 1.807) is 0 Å². The molecule has 0 amide bonds. The van der Waals surface area contributed by atoms with Crippen molar-refractivity contribution in [2.24, 2.45) is 0 Å². The molecule has 1 saturated heterocycles. The van der Waals surface area contributed by atoms with Crippen LogP contribution < -0.4 is 10.2 Å². The molecule has 1 heterocycles. The number of benzene rings is 1. The van der Waals surface area contributed by atoms with Gasteiger partial charge >= 0.3 is 0 Å². The molecular formula is C17H28BrN3. The molecule has 2 rings (SSSR count). The van der Waals surface area contributed by atoms with Gasteiger partial charge < -0.3 is 15.1 Å². The second-order valence-corrected chi connectivity index (χ2v) is 7.32. The van der Waals surface area contributed by atoms with E-state index in [4.69, 9.17) is 0 Å². The Labute approximate surface area is 137 Å². The van der Waals surface area contributed by atoms with Crippen LogP contribution in [0.5, 0.6) is 0 Å². The number of likely N-dealkylation sites (tertiary alicyclic amines) is 1. The Morgan fingerprint density at radius 1 is 1.43 bits per heavy atom. The highest BCUT2D eigenvalue weighted by molar-refractivity contribution is 9.10. The molecule has 0 saturated carbocycles. The summed E-state index contributed by atoms with van der Waals surface area (Å²) in [6.45, 7) is 7.60. The Kier molecular flexibility index (Phi) is 6.08. The number of likely N-dealkylation sites (N-methyl/N-ethyl adjacent to an activating group) is 2. The van der Waals surface area contributed by atoms with Crippen molar-refractivity contribution >= 4 is 21.6 Å². The summed E-state index contributed by atoms with van der Waals surface area (Å²) in [5, 5.41) is 3.47. The molecule has 0 aromatic heterocycles. The lowest BCUT2D eigenvalue weighted by Crippen LogP contribution is -2.36. The topological polar surface area (TPSA) is 18.5 Å². The quantitative estimate of drug-likeness (QED) is 0.844. The summed E-state index contributed by atoms with van der Waals surface area (Å²) in [5.41, 5.74) is 2.61. The van der Waals surface area contributed by atoms with Crippen LogP contribution in [-0.4, -0.2) is 44.2 Å². The molecule has 0 radical (unpaired) electrons. The number of anilines is 1. The summed E-state index contributed by atoms with van der Waals surface area (Å²) in [6.07, 6.45) is 2.65. The molecule has 1 aliphatic heterocycles. The second kappa shape index (κ2) is 7.61. The van der Waals surface area contributed by atoms with Gasteiger partial charge in [-0.2, -0.15) is 0 Å². The highest BCUT2D eigenvalue weighted by atomic mass is 79.9. The number of hydrogen-bond donors (Lipinski definition) is 1. The molecule has 0 spiro atoms. The minimum absolute atomic E-state index is 0.511. The van der Waals surface area contributed by atoms with Crippen molar-refractivity contribution < 1.29 is 0 Å². The van der Waals surface area contributed by atoms with Crippen LogP contribution >= 0.6 is 15.9 Å². The van der Waals surface area contributed by atoms with Crippen LogP contribution in [0.3, 0.4) is 0 Å². The monoisotopic (exact) mass is 353 g/mol. The van der Waals surface area contributed by atoms with Crippen molar-refractivity contribution in [2.75, 3.05) is 32.1 Å². The van der Waals surface area contributed by atoms with Gasteiger partial charge in [-0.25, -0.2) is 0 Å². The van der Waals surface area contributed by atoms with Gasteiger partial charge in [-0.15, -0.1) is 0 Å². The van der Waals surface area contributed by atoms with E-state index in [-0.39, 0.29) is 0 Å². The lowest BCUT2D eigenvalue weighted by atomic mass is 10.1. The molecule has 3 nitrogen and oxygen atoms in total. The van der Waals surface area contributed by atoms with Crippen LogP contribution in [0.25, 0.3) is 0 Å². The van der Waals surface area contributed by atoms with Crippen LogP contribution in [0.2, 0.25) is 0 Å². The van der Waals surface area contributed by atoms with Crippen LogP contribution in [0.4, 0.5) is 5.69 Å². The van der Waals surface area contributed by atoms with Crippen molar-refractivity contribution in [3.8, 4) is 0 Å². The largest absolute Gasteiger partial charge is 0.373 e. The Balaban J connectivity index is 1.98. The lowest BCUT2D eigenvalue weighted by Gasteiger charge is -2.27. The van der Waals surface area contributed by atoms with E-state index < -0.39 is 0 Å². The smallest absolute Gasteiger partial charge is 0.0375 e. The SMILES string of the molecule is CC(C)NCc1ccc(N(C)CC2CCCN2C)cc1Br. The average Bonchev–Trinajstić information content (AvgIpc) is 2.82. The van der Waals surface area contributed by atoms with Gasteiger partial charge in [0.25, 0.3) is 0 Å². The third-order valence-electron chi connectivity index (χ3n) is 4.33. The normalized spacial score (nSPS) is 19.4. The van der Waals surface area contributed by atoms with E-state index in [0.717, 1.165) is 13.1 Å². The van der Waals surface area contributed by atoms with Gasteiger partial charge in [0.15, 0.2) is 0 Å². The highest BCUT2D eigenvalue weighted by Crippen LogP contribution is 2.25. The zero-order chi connectivity index (χ0) is 15.4. The third-order valence-corrected chi connectivity index (χ3v) is 5.07. The van der Waals surface area contributed by atoms with Crippen molar-refractivity contribution in [1.82, 2.24) is 10.2 Å². The second-order valence-electron chi connectivity index (χ2n) is 6.47. The van der Waals surface area contributed by atoms with Crippen LogP contribution in [0.15, 0.2) is 22.7 Å². The first-order valence-electron chi connectivity index (χ1n) is 7.90. The minimum Gasteiger partial charge on any atom is -0.373 e. The maximum Gasteiger partial charge on any atom is 0.0375 e. The van der Waals surface area contributed by atoms with E-state index in [2.05, 4.69) is 77.2 Å². The summed E-state index contributed by atoms with van der Waals surface area (Å²) >= 11 is 3.71. The zero-order valence-electron chi connectivity index (χ0n) is 13.7. The predicted molar refractivity (Wildman–Crippen MR) is 95.0 cm³/mol. The van der Waals surface area contributed by atoms with Crippen molar-refractivity contribution in [1.29, 1.82) is 0 Å². The molecule has 0 aliphatic carbocycles. The van der Waals surface area contributed by atoms with Gasteiger partial charge in [0.1, 0.15) is 0 Å². The first kappa shape index (κ1) is 16.8. The van der Waals surface area contributed by atoms with Crippen LogP contribution in [-0.2, 0) is 6.54 Å². The summed E-state index contributed by atoms with van der Waals surface area (Å²) in [5.74, 6) is 0. The van der Waals surface area contributed by atoms with Crippen LogP contribution in [0.1, 0.15) is 32.3 Å². The summed E-state index contributed by atoms with van der Waals surface area (Å²) < 4.78 is 1.19. The molecule has 0 bridgehead atoms. The van der Waals surface area contributed by atoms with E-state index in [1.807, 2.05) is 0 Å². The molecule has 1 aromatic carbocycles. The van der Waals surface area contributed by atoms with E-state index in [9.17, 15) is 0 Å². The number of halogens is 1. The van der Waals surface area contributed by atoms with Gasteiger partial charge in [-0.3, -0.25) is 0 Å². The van der Waals surface area contributed by atoms with Crippen molar-refractivity contribution in [3.63, 3.8) is 0 Å². The summed E-state index contributed by atoms with van der Waals surface area (Å²) in [7, 11) is 4.43. The fourth-order valence-electron chi connectivity index (χ4n) is 2.86. The number of nitrogens with zero attached hydrogens (tertiary/aromatic N) is 2. The summed E-state index contributed by atoms with van der Waals surface area (Å²) in [6, 6.07) is 7.90. The fraction of sp³-hybridized carbons (Fsp3) is 0.647. The number of hydrogen-bond acceptors (Lipinski definition) is 3. The molecule has 1 aromatic rings. The Morgan fingerprint density at radius 2 is 2.19 bits per heavy atom. The molecule has 1 aliphatic rings. The first-order valence-corrected chi connectivity index (χ1v) is 8.70. The van der Waals surface area contributed by atoms with Crippen molar-refractivity contribution in [2.45, 2.75) is 45.3 Å². The summed E-state index contributed by atoms with van der Waals surface area (Å²) in [4.78, 5) is 4.85. The molecule has 1 atom stereocenters. The molecule has 1 N–H and O–H groups in total. The van der Waals surface area contributed by atoms with Gasteiger partial charge in [-0.05, 0) is 44.1 Å². The third kappa shape index (κ3) is 4.70. The van der Waals surface area contributed by atoms with E-state index in [1.165, 1.54) is 35.1 Å². The molecule has 21 heavy (non-hydrogen) atoms. The number of rotatable bonds is 6. The molecule has 1 fully saturated rings. The van der Waals surface area contributed by atoms with Crippen molar-refractivity contribution in [3.05, 3.63) is 28.2 Å². The number of nitrogens with one attached hydrogen (secondary N) is 1. The zero-order valence-corrected chi connectivity index (χ0v) is 15.3. The van der Waals surface area contributed by atoms with Crippen LogP contribution in [0, 0.1) is 0 Å². The van der Waals surface area contributed by atoms with E-state index >= 15 is 0 Å². The molecule has 118 valence electrons. The van der Waals surface area contributed by atoms with E-state index in [0.29, 0.717) is 12.1 Å². The predicted octanol–water partition coefficient (Wildman–Crippen LogP) is 3.48. The molecule has 4 heteroatoms. The minimum atomic E-state index is 0.511. The average molecular weight is 354 g/mol. The Morgan fingerprint density at radius 3 is 2.76 bits per heavy atom. The standard InChI is InChI=1S/C17H28BrN3/c1-13(2)19-11-14-7-8-15(10-17(14)18)21(4)12-16-6-5-9-20(16)3/h7-8,10,13,16,19H,5-6,9,11-12H2,1-4H3.